The van der Waals surface area contributed by atoms with Crippen LogP contribution >= 0.6 is 12.2 Å². The molecule has 2 aromatic carbocycles. The van der Waals surface area contributed by atoms with E-state index in [4.69, 9.17) is 12.2 Å². The lowest BCUT2D eigenvalue weighted by molar-refractivity contribution is -0.577. The molecule has 0 fully saturated rings. The molecule has 1 N–H and O–H groups in total. The van der Waals surface area contributed by atoms with E-state index in [0.717, 1.165) is 0 Å². The van der Waals surface area contributed by atoms with Gasteiger partial charge in [0.1, 0.15) is 5.75 Å². The number of alkyl halides is 2. The maximum atomic E-state index is 13.3. The van der Waals surface area contributed by atoms with Gasteiger partial charge in [-0.3, -0.25) is 10.1 Å². The van der Waals surface area contributed by atoms with Gasteiger partial charge in [-0.05, 0) is 42.5 Å². The highest BCUT2D eigenvalue weighted by molar-refractivity contribution is 7.81. The Kier molecular flexibility index (Phi) is 7.06. The Morgan fingerprint density at radius 3 is 2.38 bits per heavy atom. The number of hydrogen-bond donors (Lipinski definition) is 1. The number of benzene rings is 2. The van der Waals surface area contributed by atoms with Gasteiger partial charge in [-0.2, -0.15) is 13.3 Å². The highest BCUT2D eigenvalue weighted by Crippen LogP contribution is 2.25. The van der Waals surface area contributed by atoms with Crippen LogP contribution in [0.3, 0.4) is 0 Å². The lowest BCUT2D eigenvalue weighted by Gasteiger charge is -2.17. The summed E-state index contributed by atoms with van der Waals surface area (Å²) < 4.78 is 30.5. The molecule has 1 aromatic heterocycles. The second kappa shape index (κ2) is 9.92. The number of nitrogens with zero attached hydrogens (tertiary/aromatic N) is 2. The molecule has 0 bridgehead atoms. The summed E-state index contributed by atoms with van der Waals surface area (Å²) in [6, 6.07) is 15.0. The van der Waals surface area contributed by atoms with Gasteiger partial charge in [-0.1, -0.05) is 30.4 Å². The number of halogens is 2. The summed E-state index contributed by atoms with van der Waals surface area (Å²) in [5.74, 6) is -0.555. The first kappa shape index (κ1) is 22.8. The molecule has 10 heteroatoms. The van der Waals surface area contributed by atoms with Crippen molar-refractivity contribution in [1.29, 1.82) is 0 Å². The van der Waals surface area contributed by atoms with Crippen LogP contribution < -0.4 is 19.7 Å². The van der Waals surface area contributed by atoms with E-state index in [1.54, 1.807) is 37.5 Å². The lowest BCUT2D eigenvalue weighted by atomic mass is 10.1. The fourth-order valence-corrected chi connectivity index (χ4v) is 3.20. The molecular formula is C22H17F2N3O4S. The monoisotopic (exact) mass is 457 g/mol. The van der Waals surface area contributed by atoms with E-state index in [9.17, 15) is 24.0 Å². The summed E-state index contributed by atoms with van der Waals surface area (Å²) in [7, 11) is 0. The Balaban J connectivity index is 2.00. The molecule has 0 atom stereocenters. The Hall–Kier alpha value is -3.92. The molecule has 1 heterocycles. The molecule has 32 heavy (non-hydrogen) atoms. The summed E-state index contributed by atoms with van der Waals surface area (Å²) in [6.07, 6.45) is 3.23. The summed E-state index contributed by atoms with van der Waals surface area (Å²) >= 11 is 5.45. The van der Waals surface area contributed by atoms with Crippen LogP contribution in [0.25, 0.3) is 11.5 Å². The second-order valence-corrected chi connectivity index (χ2v) is 6.98. The van der Waals surface area contributed by atoms with Gasteiger partial charge in [0.25, 0.3) is 5.69 Å². The number of pyridine rings is 1. The number of ether oxygens (including phenoxy) is 1. The van der Waals surface area contributed by atoms with Crippen molar-refractivity contribution in [2.45, 2.75) is 13.5 Å². The predicted octanol–water partition coefficient (Wildman–Crippen LogP) is 3.92. The molecule has 0 aliphatic carbocycles. The maximum Gasteiger partial charge on any atom is 0.387 e. The van der Waals surface area contributed by atoms with Gasteiger partial charge >= 0.3 is 6.61 Å². The third-order valence-electron chi connectivity index (χ3n) is 4.41. The van der Waals surface area contributed by atoms with E-state index in [-0.39, 0.29) is 27.7 Å². The Labute approximate surface area is 187 Å². The number of nitro groups is 1. The number of anilines is 1. The van der Waals surface area contributed by atoms with Crippen LogP contribution in [-0.2, 0) is 0 Å². The molecule has 7 nitrogen and oxygen atoms in total. The average molecular weight is 457 g/mol. The summed E-state index contributed by atoms with van der Waals surface area (Å²) in [6.45, 7) is -1.36. The van der Waals surface area contributed by atoms with E-state index in [1.807, 2.05) is 0 Å². The quantitative estimate of drug-likeness (QED) is 0.144. The first-order chi connectivity index (χ1) is 15.3. The molecular weight excluding hydrogens is 440 g/mol. The van der Waals surface area contributed by atoms with Gasteiger partial charge in [0.2, 0.25) is 5.70 Å². The zero-order chi connectivity index (χ0) is 23.3. The number of nitro benzene ring substituents is 1. The molecule has 0 saturated heterocycles. The first-order valence-electron chi connectivity index (χ1n) is 9.26. The third-order valence-corrected chi connectivity index (χ3v) is 4.70. The number of thiocarbonyl (C=S) groups is 1. The van der Waals surface area contributed by atoms with Gasteiger partial charge in [-0.15, -0.1) is 0 Å². The Morgan fingerprint density at radius 1 is 1.12 bits per heavy atom. The molecule has 0 amide bonds. The standard InChI is InChI=1S/C22H17F2N3O4S/c1-14-5-6-15(13-18(14)27(29)30)20(28)19(26-11-3-2-4-12-26)21(32)25-16-7-9-17(10-8-16)31-22(23)24/h2-13,22H,1H3,(H-,25,28,32). The van der Waals surface area contributed by atoms with Crippen molar-refractivity contribution in [1.82, 2.24) is 0 Å². The lowest BCUT2D eigenvalue weighted by Crippen LogP contribution is -2.39. The molecule has 0 unspecified atom stereocenters. The molecule has 0 aliphatic rings. The van der Waals surface area contributed by atoms with Crippen molar-refractivity contribution in [3.05, 3.63) is 94.3 Å². The predicted molar refractivity (Wildman–Crippen MR) is 117 cm³/mol. The van der Waals surface area contributed by atoms with Crippen molar-refractivity contribution in [3.8, 4) is 5.75 Å². The summed E-state index contributed by atoms with van der Waals surface area (Å²) in [5, 5.41) is 27.5. The zero-order valence-corrected chi connectivity index (χ0v) is 17.5. The van der Waals surface area contributed by atoms with E-state index in [1.165, 1.54) is 47.0 Å². The molecule has 3 aromatic rings. The van der Waals surface area contributed by atoms with E-state index < -0.39 is 17.3 Å². The van der Waals surface area contributed by atoms with Crippen LogP contribution in [0.4, 0.5) is 20.2 Å². The third kappa shape index (κ3) is 5.41. The molecule has 3 rings (SSSR count). The smallest absolute Gasteiger partial charge is 0.387 e. The largest absolute Gasteiger partial charge is 0.867 e. The van der Waals surface area contributed by atoms with Crippen LogP contribution in [-0.4, -0.2) is 16.5 Å². The molecule has 0 aliphatic heterocycles. The van der Waals surface area contributed by atoms with Crippen molar-refractivity contribution in [3.63, 3.8) is 0 Å². The minimum atomic E-state index is -2.94. The molecule has 164 valence electrons. The highest BCUT2D eigenvalue weighted by Gasteiger charge is 2.20. The van der Waals surface area contributed by atoms with Crippen molar-refractivity contribution in [2.24, 2.45) is 0 Å². The van der Waals surface area contributed by atoms with Gasteiger partial charge in [0.15, 0.2) is 17.4 Å². The number of hydrogen-bond acceptors (Lipinski definition) is 5. The summed E-state index contributed by atoms with van der Waals surface area (Å²) in [4.78, 5) is 10.8. The average Bonchev–Trinajstić information content (AvgIpc) is 2.75. The van der Waals surface area contributed by atoms with E-state index in [0.29, 0.717) is 11.3 Å². The van der Waals surface area contributed by atoms with Gasteiger partial charge in [-0.25, -0.2) is 0 Å². The SMILES string of the molecule is Cc1ccc(/C([O-])=C(/C(=S)Nc2ccc(OC(F)F)cc2)[n+]2ccccc2)cc1[N+](=O)[O-]. The molecule has 0 saturated carbocycles. The van der Waals surface area contributed by atoms with Gasteiger partial charge in [0.05, 0.1) is 4.92 Å². The van der Waals surface area contributed by atoms with Crippen LogP contribution in [0.1, 0.15) is 11.1 Å². The van der Waals surface area contributed by atoms with Crippen LogP contribution in [0.5, 0.6) is 5.75 Å². The van der Waals surface area contributed by atoms with Crippen LogP contribution in [0, 0.1) is 17.0 Å². The normalized spacial score (nSPS) is 11.6. The van der Waals surface area contributed by atoms with Gasteiger partial charge < -0.3 is 15.2 Å². The Bertz CT molecular complexity index is 1170. The topological polar surface area (TPSA) is 91.3 Å². The zero-order valence-electron chi connectivity index (χ0n) is 16.7. The summed E-state index contributed by atoms with van der Waals surface area (Å²) in [5.41, 5.74) is 0.840. The van der Waals surface area contributed by atoms with E-state index >= 15 is 0 Å². The van der Waals surface area contributed by atoms with Crippen molar-refractivity contribution >= 4 is 40.0 Å². The number of aromatic nitrogens is 1. The van der Waals surface area contributed by atoms with Crippen LogP contribution in [0.2, 0.25) is 0 Å². The van der Waals surface area contributed by atoms with Crippen molar-refractivity contribution in [2.75, 3.05) is 5.32 Å². The highest BCUT2D eigenvalue weighted by atomic mass is 32.1. The number of rotatable bonds is 7. The maximum absolute atomic E-state index is 13.3. The minimum absolute atomic E-state index is 0.0267. The number of aryl methyl sites for hydroxylation is 1. The van der Waals surface area contributed by atoms with Crippen molar-refractivity contribution < 1.29 is 28.1 Å². The van der Waals surface area contributed by atoms with Crippen LogP contribution in [0.15, 0.2) is 73.1 Å². The fraction of sp³-hybridized carbons (Fsp3) is 0.0909. The number of nitrogens with one attached hydrogen (secondary N) is 1. The first-order valence-corrected chi connectivity index (χ1v) is 9.66. The molecule has 0 spiro atoms. The second-order valence-electron chi connectivity index (χ2n) is 6.58. The fourth-order valence-electron chi connectivity index (χ4n) is 2.88. The van der Waals surface area contributed by atoms with Gasteiger partial charge in [0, 0.05) is 29.4 Å². The van der Waals surface area contributed by atoms with E-state index in [2.05, 4.69) is 10.1 Å². The molecule has 0 radical (unpaired) electrons. The minimum Gasteiger partial charge on any atom is -0.867 e. The Morgan fingerprint density at radius 2 is 1.78 bits per heavy atom.